The van der Waals surface area contributed by atoms with Crippen LogP contribution in [0.15, 0.2) is 21.9 Å². The van der Waals surface area contributed by atoms with Crippen molar-refractivity contribution < 1.29 is 29.3 Å². The van der Waals surface area contributed by atoms with E-state index in [1.807, 2.05) is 4.98 Å². The first-order valence-electron chi connectivity index (χ1n) is 6.44. The summed E-state index contributed by atoms with van der Waals surface area (Å²) >= 11 is 0. The smallest absolute Gasteiger partial charge is 0.330 e. The first-order valence-corrected chi connectivity index (χ1v) is 6.44. The number of ether oxygens (including phenoxy) is 2. The van der Waals surface area contributed by atoms with Crippen molar-refractivity contribution in [2.45, 2.75) is 37.1 Å². The van der Waals surface area contributed by atoms with Crippen molar-refractivity contribution >= 4 is 11.8 Å². The number of Topliss-reactive ketones (excluding diaryl/α,β-unsaturated/α-hetero) is 1. The highest BCUT2D eigenvalue weighted by atomic mass is 16.6. The van der Waals surface area contributed by atoms with Crippen LogP contribution in [0.4, 0.5) is 0 Å². The third-order valence-electron chi connectivity index (χ3n) is 3.59. The Morgan fingerprint density at radius 2 is 1.91 bits per heavy atom. The number of nitrogens with zero attached hydrogens (tertiary/aromatic N) is 1. The second kappa shape index (κ2) is 5.16. The summed E-state index contributed by atoms with van der Waals surface area (Å²) in [5.41, 5.74) is -1.48. The summed E-state index contributed by atoms with van der Waals surface area (Å²) in [4.78, 5) is 47.5. The normalized spacial score (nSPS) is 34.9. The lowest BCUT2D eigenvalue weighted by molar-refractivity contribution is -0.154. The number of hydrogen-bond donors (Lipinski definition) is 3. The second-order valence-corrected chi connectivity index (χ2v) is 5.04. The molecule has 0 aliphatic carbocycles. The van der Waals surface area contributed by atoms with Gasteiger partial charge in [0.05, 0.1) is 0 Å². The van der Waals surface area contributed by atoms with Gasteiger partial charge in [-0.1, -0.05) is 0 Å². The number of hydrogen-bond acceptors (Lipinski definition) is 8. The molecule has 0 aromatic carbocycles. The molecular weight excluding hydrogens is 300 g/mol. The van der Waals surface area contributed by atoms with E-state index in [2.05, 4.69) is 0 Å². The molecule has 3 rings (SSSR count). The number of cyclic esters (lactones) is 1. The molecule has 22 heavy (non-hydrogen) atoms. The molecule has 0 amide bonds. The van der Waals surface area contributed by atoms with Crippen LogP contribution in [0.3, 0.4) is 0 Å². The van der Waals surface area contributed by atoms with E-state index in [0.717, 1.165) is 16.8 Å². The Morgan fingerprint density at radius 1 is 1.18 bits per heavy atom. The minimum absolute atomic E-state index is 0.434. The minimum atomic E-state index is -1.54. The molecule has 118 valence electrons. The number of aliphatic hydroxyl groups is 2. The second-order valence-electron chi connectivity index (χ2n) is 5.04. The fourth-order valence-electron chi connectivity index (χ4n) is 2.54. The SMILES string of the molecule is O=C1CC(=O)C([C@H]2O[C@@H](n3ccc(=O)[nH]c3=O)[C@H](O)[C@@H]2O)O1. The Morgan fingerprint density at radius 3 is 2.50 bits per heavy atom. The lowest BCUT2D eigenvalue weighted by Crippen LogP contribution is -2.41. The van der Waals surface area contributed by atoms with Crippen LogP contribution in [-0.2, 0) is 19.1 Å². The summed E-state index contributed by atoms with van der Waals surface area (Å²) < 4.78 is 11.0. The number of ketones is 1. The molecule has 1 aromatic rings. The molecule has 1 aromatic heterocycles. The van der Waals surface area contributed by atoms with Gasteiger partial charge in [0, 0.05) is 12.3 Å². The van der Waals surface area contributed by atoms with Crippen molar-refractivity contribution in [3.8, 4) is 0 Å². The van der Waals surface area contributed by atoms with E-state index >= 15 is 0 Å². The number of esters is 1. The average Bonchev–Trinajstić information content (AvgIpc) is 2.92. The molecule has 10 nitrogen and oxygen atoms in total. The highest BCUT2D eigenvalue weighted by molar-refractivity contribution is 6.03. The lowest BCUT2D eigenvalue weighted by Gasteiger charge is -2.19. The molecule has 2 aliphatic rings. The number of rotatable bonds is 2. The molecule has 0 spiro atoms. The van der Waals surface area contributed by atoms with Crippen molar-refractivity contribution in [3.05, 3.63) is 33.1 Å². The molecule has 2 fully saturated rings. The third-order valence-corrected chi connectivity index (χ3v) is 3.59. The number of carbonyl (C=O) groups excluding carboxylic acids is 2. The van der Waals surface area contributed by atoms with E-state index in [0.29, 0.717) is 0 Å². The van der Waals surface area contributed by atoms with Crippen molar-refractivity contribution in [3.63, 3.8) is 0 Å². The zero-order valence-corrected chi connectivity index (χ0v) is 11.0. The van der Waals surface area contributed by atoms with Crippen LogP contribution in [0.1, 0.15) is 12.6 Å². The van der Waals surface area contributed by atoms with Gasteiger partial charge in [-0.3, -0.25) is 23.9 Å². The van der Waals surface area contributed by atoms with Crippen LogP contribution in [0.2, 0.25) is 0 Å². The molecule has 2 saturated heterocycles. The van der Waals surface area contributed by atoms with E-state index in [4.69, 9.17) is 9.47 Å². The lowest BCUT2D eigenvalue weighted by atomic mass is 10.0. The molecule has 10 heteroatoms. The molecule has 0 saturated carbocycles. The molecule has 2 aliphatic heterocycles. The van der Waals surface area contributed by atoms with Crippen molar-refractivity contribution in [2.75, 3.05) is 0 Å². The maximum absolute atomic E-state index is 11.7. The highest BCUT2D eigenvalue weighted by Gasteiger charge is 2.52. The van der Waals surface area contributed by atoms with Gasteiger partial charge in [-0.05, 0) is 0 Å². The predicted octanol–water partition coefficient (Wildman–Crippen LogP) is -2.96. The summed E-state index contributed by atoms with van der Waals surface area (Å²) in [6.45, 7) is 0. The molecule has 3 N–H and O–H groups in total. The predicted molar refractivity (Wildman–Crippen MR) is 66.8 cm³/mol. The van der Waals surface area contributed by atoms with Gasteiger partial charge in [-0.2, -0.15) is 0 Å². The van der Waals surface area contributed by atoms with Crippen LogP contribution in [0, 0.1) is 0 Å². The van der Waals surface area contributed by atoms with Gasteiger partial charge in [0.25, 0.3) is 5.56 Å². The minimum Gasteiger partial charge on any atom is -0.451 e. The zero-order valence-electron chi connectivity index (χ0n) is 11.0. The number of aromatic nitrogens is 2. The Hall–Kier alpha value is -2.30. The quantitative estimate of drug-likeness (QED) is 0.387. The molecule has 0 radical (unpaired) electrons. The standard InChI is InChI=1S/C12H12N2O8/c15-4-3-6(17)21-9(4)10-7(18)8(19)11(22-10)14-2-1-5(16)13-12(14)20/h1-2,7-11,18-19H,3H2,(H,13,16,20)/t7-,8+,9?,10-,11+/m0/s1. The fraction of sp³-hybridized carbons (Fsp3) is 0.500. The fourth-order valence-corrected chi connectivity index (χ4v) is 2.54. The van der Waals surface area contributed by atoms with E-state index in [1.54, 1.807) is 0 Å². The van der Waals surface area contributed by atoms with Crippen LogP contribution in [0.5, 0.6) is 0 Å². The third kappa shape index (κ3) is 2.26. The maximum atomic E-state index is 11.7. The summed E-state index contributed by atoms with van der Waals surface area (Å²) in [6, 6.07) is 1.04. The van der Waals surface area contributed by atoms with Gasteiger partial charge in [0.1, 0.15) is 24.7 Å². The van der Waals surface area contributed by atoms with Gasteiger partial charge >= 0.3 is 11.7 Å². The van der Waals surface area contributed by atoms with Crippen LogP contribution < -0.4 is 11.2 Å². The van der Waals surface area contributed by atoms with Gasteiger partial charge in [-0.25, -0.2) is 4.79 Å². The number of H-pyrrole nitrogens is 1. The van der Waals surface area contributed by atoms with Gasteiger partial charge in [0.2, 0.25) is 0 Å². The summed E-state index contributed by atoms with van der Waals surface area (Å²) in [6.07, 6.45) is -6.37. The van der Waals surface area contributed by atoms with Crippen molar-refractivity contribution in [1.82, 2.24) is 9.55 Å². The van der Waals surface area contributed by atoms with Gasteiger partial charge < -0.3 is 19.7 Å². The number of aliphatic hydroxyl groups excluding tert-OH is 2. The number of nitrogens with one attached hydrogen (secondary N) is 1. The molecule has 5 atom stereocenters. The molecule has 1 unspecified atom stereocenters. The van der Waals surface area contributed by atoms with E-state index < -0.39 is 60.1 Å². The largest absolute Gasteiger partial charge is 0.451 e. The zero-order chi connectivity index (χ0) is 16.0. The Labute approximate surface area is 121 Å². The average molecular weight is 312 g/mol. The summed E-state index contributed by atoms with van der Waals surface area (Å²) in [5, 5.41) is 20.0. The van der Waals surface area contributed by atoms with Crippen molar-refractivity contribution in [2.24, 2.45) is 0 Å². The maximum Gasteiger partial charge on any atom is 0.330 e. The first-order chi connectivity index (χ1) is 10.4. The van der Waals surface area contributed by atoms with Gasteiger partial charge in [0.15, 0.2) is 18.1 Å². The van der Waals surface area contributed by atoms with E-state index in [-0.39, 0.29) is 0 Å². The van der Waals surface area contributed by atoms with Gasteiger partial charge in [-0.15, -0.1) is 0 Å². The van der Waals surface area contributed by atoms with Crippen molar-refractivity contribution in [1.29, 1.82) is 0 Å². The Bertz CT molecular complexity index is 737. The molecule has 3 heterocycles. The Kier molecular flexibility index (Phi) is 3.43. The van der Waals surface area contributed by atoms with E-state index in [1.165, 1.54) is 0 Å². The molecular formula is C12H12N2O8. The number of carbonyl (C=O) groups is 2. The summed E-state index contributed by atoms with van der Waals surface area (Å²) in [7, 11) is 0. The summed E-state index contributed by atoms with van der Waals surface area (Å²) in [5.74, 6) is -1.32. The first kappa shape index (κ1) is 14.6. The topological polar surface area (TPSA) is 148 Å². The van der Waals surface area contributed by atoms with E-state index in [9.17, 15) is 29.4 Å². The number of aromatic amines is 1. The monoisotopic (exact) mass is 312 g/mol. The Balaban J connectivity index is 1.90. The molecule has 0 bridgehead atoms. The van der Waals surface area contributed by atoms with Crippen LogP contribution in [0.25, 0.3) is 0 Å². The van der Waals surface area contributed by atoms with Crippen LogP contribution >= 0.6 is 0 Å². The van der Waals surface area contributed by atoms with Crippen LogP contribution in [-0.4, -0.2) is 55.9 Å². The highest BCUT2D eigenvalue weighted by Crippen LogP contribution is 2.33.